The Morgan fingerprint density at radius 3 is 2.60 bits per heavy atom. The zero-order valence-corrected chi connectivity index (χ0v) is 6.17. The third-order valence-electron chi connectivity index (χ3n) is 0.881. The molecule has 4 nitrogen and oxygen atoms in total. The van der Waals surface area contributed by atoms with E-state index in [1.165, 1.54) is 25.8 Å². The fourth-order valence-corrected chi connectivity index (χ4v) is 0.954. The molecule has 0 saturated carbocycles. The number of hydrogen-bond acceptors (Lipinski definition) is 4. The molecule has 0 aliphatic rings. The van der Waals surface area contributed by atoms with E-state index in [4.69, 9.17) is 0 Å². The Balaban J connectivity index is 2.85. The molecule has 0 aromatic carbocycles. The molecule has 1 unspecified atom stereocenters. The van der Waals surface area contributed by atoms with E-state index in [-0.39, 0.29) is 0 Å². The van der Waals surface area contributed by atoms with E-state index in [9.17, 15) is 4.21 Å². The Morgan fingerprint density at radius 2 is 2.10 bits per heavy atom. The molecule has 0 N–H and O–H groups in total. The third kappa shape index (κ3) is 1.58. The molecule has 54 valence electrons. The SMILES string of the molecule is COS(=O)c1cncnc1. The fourth-order valence-electron chi connectivity index (χ4n) is 0.468. The third-order valence-corrected chi connectivity index (χ3v) is 1.78. The summed E-state index contributed by atoms with van der Waals surface area (Å²) in [7, 11) is 1.36. The fraction of sp³-hybridized carbons (Fsp3) is 0.200. The Morgan fingerprint density at radius 1 is 1.50 bits per heavy atom. The lowest BCUT2D eigenvalue weighted by Crippen LogP contribution is -1.94. The van der Waals surface area contributed by atoms with Crippen molar-refractivity contribution in [3.63, 3.8) is 0 Å². The highest BCUT2D eigenvalue weighted by Gasteiger charge is 1.99. The summed E-state index contributed by atoms with van der Waals surface area (Å²) < 4.78 is 15.4. The largest absolute Gasteiger partial charge is 0.290 e. The second-order valence-electron chi connectivity index (χ2n) is 1.48. The van der Waals surface area contributed by atoms with Crippen LogP contribution in [0.1, 0.15) is 0 Å². The van der Waals surface area contributed by atoms with Crippen LogP contribution in [0.4, 0.5) is 0 Å². The van der Waals surface area contributed by atoms with Crippen molar-refractivity contribution in [2.24, 2.45) is 0 Å². The maximum absolute atomic E-state index is 10.8. The standard InChI is InChI=1S/C5H6N2O2S/c1-9-10(8)5-2-6-4-7-3-5/h2-4H,1H3. The van der Waals surface area contributed by atoms with Gasteiger partial charge in [-0.05, 0) is 0 Å². The van der Waals surface area contributed by atoms with Crippen LogP contribution in [-0.4, -0.2) is 21.3 Å². The summed E-state index contributed by atoms with van der Waals surface area (Å²) in [5, 5.41) is 0. The predicted molar refractivity (Wildman–Crippen MR) is 35.4 cm³/mol. The van der Waals surface area contributed by atoms with E-state index in [0.29, 0.717) is 4.90 Å². The van der Waals surface area contributed by atoms with Gasteiger partial charge in [-0.1, -0.05) is 0 Å². The molecule has 5 heteroatoms. The van der Waals surface area contributed by atoms with Crippen LogP contribution in [0.2, 0.25) is 0 Å². The van der Waals surface area contributed by atoms with Crippen LogP contribution in [0.15, 0.2) is 23.6 Å². The molecule has 0 fully saturated rings. The lowest BCUT2D eigenvalue weighted by atomic mass is 10.7. The normalized spacial score (nSPS) is 12.9. The molecule has 1 aromatic heterocycles. The van der Waals surface area contributed by atoms with Gasteiger partial charge in [0, 0.05) is 12.4 Å². The van der Waals surface area contributed by atoms with Crippen LogP contribution in [0.5, 0.6) is 0 Å². The Hall–Kier alpha value is -0.810. The smallest absolute Gasteiger partial charge is 0.192 e. The molecular formula is C5H6N2O2S. The molecule has 1 rings (SSSR count). The predicted octanol–water partition coefficient (Wildman–Crippen LogP) is 0.146. The van der Waals surface area contributed by atoms with Crippen LogP contribution >= 0.6 is 0 Å². The summed E-state index contributed by atoms with van der Waals surface area (Å²) in [5.74, 6) is 0. The number of nitrogens with zero attached hydrogens (tertiary/aromatic N) is 2. The Bertz CT molecular complexity index is 226. The quantitative estimate of drug-likeness (QED) is 0.614. The van der Waals surface area contributed by atoms with Gasteiger partial charge in [0.2, 0.25) is 0 Å². The molecule has 1 aromatic rings. The minimum absolute atomic E-state index is 0.477. The van der Waals surface area contributed by atoms with Gasteiger partial charge in [-0.3, -0.25) is 4.18 Å². The average Bonchev–Trinajstić information content (AvgIpc) is 2.05. The van der Waals surface area contributed by atoms with Gasteiger partial charge in [0.1, 0.15) is 11.2 Å². The second-order valence-corrected chi connectivity index (χ2v) is 2.75. The van der Waals surface area contributed by atoms with Crippen molar-refractivity contribution in [1.29, 1.82) is 0 Å². The first-order valence-electron chi connectivity index (χ1n) is 2.56. The molecule has 0 saturated heterocycles. The highest BCUT2D eigenvalue weighted by molar-refractivity contribution is 7.80. The zero-order valence-electron chi connectivity index (χ0n) is 5.35. The van der Waals surface area contributed by atoms with Gasteiger partial charge in [-0.15, -0.1) is 0 Å². The summed E-state index contributed by atoms with van der Waals surface area (Å²) >= 11 is -1.42. The minimum atomic E-state index is -1.42. The lowest BCUT2D eigenvalue weighted by Gasteiger charge is -1.93. The number of rotatable bonds is 2. The van der Waals surface area contributed by atoms with Gasteiger partial charge >= 0.3 is 0 Å². The first-order valence-corrected chi connectivity index (χ1v) is 3.63. The molecule has 0 radical (unpaired) electrons. The van der Waals surface area contributed by atoms with Crippen molar-refractivity contribution < 1.29 is 8.39 Å². The van der Waals surface area contributed by atoms with Crippen molar-refractivity contribution in [2.75, 3.05) is 7.11 Å². The van der Waals surface area contributed by atoms with Crippen molar-refractivity contribution >= 4 is 11.1 Å². The van der Waals surface area contributed by atoms with E-state index in [2.05, 4.69) is 14.2 Å². The first kappa shape index (κ1) is 7.30. The van der Waals surface area contributed by atoms with Crippen LogP contribution < -0.4 is 0 Å². The first-order chi connectivity index (χ1) is 4.84. The second kappa shape index (κ2) is 3.38. The molecule has 0 aliphatic carbocycles. The molecule has 0 amide bonds. The van der Waals surface area contributed by atoms with Gasteiger partial charge in [-0.25, -0.2) is 14.2 Å². The van der Waals surface area contributed by atoms with Gasteiger partial charge < -0.3 is 0 Å². The van der Waals surface area contributed by atoms with Gasteiger partial charge in [0.15, 0.2) is 11.1 Å². The van der Waals surface area contributed by atoms with Crippen LogP contribution in [0.3, 0.4) is 0 Å². The van der Waals surface area contributed by atoms with Crippen LogP contribution in [-0.2, 0) is 15.3 Å². The van der Waals surface area contributed by atoms with E-state index < -0.39 is 11.1 Å². The average molecular weight is 158 g/mol. The topological polar surface area (TPSA) is 52.1 Å². The van der Waals surface area contributed by atoms with E-state index in [1.807, 2.05) is 0 Å². The molecule has 0 aliphatic heterocycles. The molecule has 10 heavy (non-hydrogen) atoms. The zero-order chi connectivity index (χ0) is 7.40. The molecular weight excluding hydrogens is 152 g/mol. The summed E-state index contributed by atoms with van der Waals surface area (Å²) in [6, 6.07) is 0. The van der Waals surface area contributed by atoms with Crippen LogP contribution in [0.25, 0.3) is 0 Å². The molecule has 1 atom stereocenters. The van der Waals surface area contributed by atoms with Crippen LogP contribution in [0, 0.1) is 0 Å². The monoisotopic (exact) mass is 158 g/mol. The van der Waals surface area contributed by atoms with E-state index >= 15 is 0 Å². The highest BCUT2D eigenvalue weighted by atomic mass is 32.2. The molecule has 0 bridgehead atoms. The number of hydrogen-bond donors (Lipinski definition) is 0. The molecule has 1 heterocycles. The van der Waals surface area contributed by atoms with Crippen molar-refractivity contribution in [3.05, 3.63) is 18.7 Å². The van der Waals surface area contributed by atoms with Crippen molar-refractivity contribution in [2.45, 2.75) is 4.90 Å². The summed E-state index contributed by atoms with van der Waals surface area (Å²) in [4.78, 5) is 7.82. The van der Waals surface area contributed by atoms with Gasteiger partial charge in [-0.2, -0.15) is 0 Å². The maximum Gasteiger partial charge on any atom is 0.192 e. The Kier molecular flexibility index (Phi) is 2.47. The van der Waals surface area contributed by atoms with E-state index in [0.717, 1.165) is 0 Å². The Labute approximate surface area is 60.9 Å². The maximum atomic E-state index is 10.8. The summed E-state index contributed by atoms with van der Waals surface area (Å²) in [6.45, 7) is 0. The van der Waals surface area contributed by atoms with E-state index in [1.54, 1.807) is 0 Å². The van der Waals surface area contributed by atoms with Crippen molar-refractivity contribution in [1.82, 2.24) is 9.97 Å². The number of aromatic nitrogens is 2. The lowest BCUT2D eigenvalue weighted by molar-refractivity contribution is 0.445. The minimum Gasteiger partial charge on any atom is -0.290 e. The highest BCUT2D eigenvalue weighted by Crippen LogP contribution is 2.00. The summed E-state index contributed by atoms with van der Waals surface area (Å²) in [6.07, 6.45) is 4.27. The molecule has 0 spiro atoms. The van der Waals surface area contributed by atoms with Crippen molar-refractivity contribution in [3.8, 4) is 0 Å². The van der Waals surface area contributed by atoms with Gasteiger partial charge in [0.25, 0.3) is 0 Å². The van der Waals surface area contributed by atoms with Gasteiger partial charge in [0.05, 0.1) is 7.11 Å². The summed E-state index contributed by atoms with van der Waals surface area (Å²) in [5.41, 5.74) is 0.